The lowest BCUT2D eigenvalue weighted by molar-refractivity contribution is -0.120. The Labute approximate surface area is 109 Å². The van der Waals surface area contributed by atoms with E-state index in [1.807, 2.05) is 12.2 Å². The third-order valence-electron chi connectivity index (χ3n) is 3.11. The second kappa shape index (κ2) is 5.65. The maximum absolute atomic E-state index is 13.1. The molecule has 2 N–H and O–H groups in total. The van der Waals surface area contributed by atoms with Crippen LogP contribution in [0.5, 0.6) is 0 Å². The van der Waals surface area contributed by atoms with Gasteiger partial charge in [-0.25, -0.2) is 9.18 Å². The summed E-state index contributed by atoms with van der Waals surface area (Å²) >= 11 is 0. The van der Waals surface area contributed by atoms with Crippen molar-refractivity contribution in [2.24, 2.45) is 5.92 Å². The number of halogens is 1. The predicted molar refractivity (Wildman–Crippen MR) is 68.5 cm³/mol. The summed E-state index contributed by atoms with van der Waals surface area (Å²) in [5.41, 5.74) is -0.104. The molecule has 0 bridgehead atoms. The van der Waals surface area contributed by atoms with E-state index >= 15 is 0 Å². The number of hydrogen-bond acceptors (Lipinski definition) is 2. The Hall–Kier alpha value is -2.17. The number of aromatic carboxylic acids is 1. The number of allylic oxidation sites excluding steroid dienone is 2. The maximum atomic E-state index is 13.1. The molecule has 2 rings (SSSR count). The average Bonchev–Trinajstić information content (AvgIpc) is 2.39. The van der Waals surface area contributed by atoms with E-state index in [0.717, 1.165) is 31.0 Å². The third kappa shape index (κ3) is 3.19. The van der Waals surface area contributed by atoms with E-state index in [4.69, 9.17) is 5.11 Å². The fourth-order valence-electron chi connectivity index (χ4n) is 2.07. The maximum Gasteiger partial charge on any atom is 0.337 e. The Morgan fingerprint density at radius 3 is 2.74 bits per heavy atom. The molecule has 100 valence electrons. The van der Waals surface area contributed by atoms with Gasteiger partial charge in [-0.1, -0.05) is 12.2 Å². The molecule has 0 saturated heterocycles. The lowest BCUT2D eigenvalue weighted by Crippen LogP contribution is -2.24. The van der Waals surface area contributed by atoms with Crippen LogP contribution >= 0.6 is 0 Å². The summed E-state index contributed by atoms with van der Waals surface area (Å²) in [6, 6.07) is 3.23. The molecular formula is C14H14FNO3. The molecule has 1 aliphatic rings. The zero-order valence-electron chi connectivity index (χ0n) is 10.2. The molecule has 0 heterocycles. The van der Waals surface area contributed by atoms with E-state index in [1.165, 1.54) is 0 Å². The topological polar surface area (TPSA) is 66.4 Å². The molecule has 0 saturated carbocycles. The molecule has 0 aromatic heterocycles. The highest BCUT2D eigenvalue weighted by Crippen LogP contribution is 2.22. The smallest absolute Gasteiger partial charge is 0.337 e. The number of carbonyl (C=O) groups excluding carboxylic acids is 1. The van der Waals surface area contributed by atoms with Gasteiger partial charge >= 0.3 is 5.97 Å². The summed E-state index contributed by atoms with van der Waals surface area (Å²) in [6.45, 7) is 0. The van der Waals surface area contributed by atoms with Crippen LogP contribution in [0.1, 0.15) is 29.6 Å². The van der Waals surface area contributed by atoms with Crippen molar-refractivity contribution in [3.05, 3.63) is 41.7 Å². The largest absolute Gasteiger partial charge is 0.478 e. The van der Waals surface area contributed by atoms with E-state index in [9.17, 15) is 14.0 Å². The molecule has 1 amide bonds. The number of anilines is 1. The number of rotatable bonds is 3. The van der Waals surface area contributed by atoms with Gasteiger partial charge < -0.3 is 10.4 Å². The first kappa shape index (κ1) is 13.3. The van der Waals surface area contributed by atoms with E-state index in [0.29, 0.717) is 6.42 Å². The van der Waals surface area contributed by atoms with Crippen molar-refractivity contribution in [3.8, 4) is 0 Å². The monoisotopic (exact) mass is 263 g/mol. The Bertz CT molecular complexity index is 539. The van der Waals surface area contributed by atoms with E-state index < -0.39 is 11.8 Å². The van der Waals surface area contributed by atoms with Crippen molar-refractivity contribution in [2.45, 2.75) is 19.3 Å². The highest BCUT2D eigenvalue weighted by Gasteiger charge is 2.21. The van der Waals surface area contributed by atoms with E-state index in [-0.39, 0.29) is 23.1 Å². The van der Waals surface area contributed by atoms with Crippen molar-refractivity contribution in [1.82, 2.24) is 0 Å². The number of hydrogen-bond donors (Lipinski definition) is 2. The quantitative estimate of drug-likeness (QED) is 0.824. The van der Waals surface area contributed by atoms with Crippen LogP contribution in [0.4, 0.5) is 10.1 Å². The molecule has 1 aromatic carbocycles. The standard InChI is InChI=1S/C14H14FNO3/c15-10-6-7-11(14(18)19)12(8-10)16-13(17)9-4-2-1-3-5-9/h1-2,6-9H,3-5H2,(H,16,17)(H,18,19). The first-order valence-electron chi connectivity index (χ1n) is 6.06. The number of carbonyl (C=O) groups is 2. The predicted octanol–water partition coefficient (Wildman–Crippen LogP) is 2.82. The highest BCUT2D eigenvalue weighted by atomic mass is 19.1. The van der Waals surface area contributed by atoms with Gasteiger partial charge in [-0.05, 0) is 37.5 Å². The lowest BCUT2D eigenvalue weighted by Gasteiger charge is -2.18. The SMILES string of the molecule is O=C(O)c1ccc(F)cc1NC(=O)C1CC=CCC1. The minimum Gasteiger partial charge on any atom is -0.478 e. The highest BCUT2D eigenvalue weighted by molar-refractivity contribution is 6.01. The molecule has 1 atom stereocenters. The molecule has 4 nitrogen and oxygen atoms in total. The van der Waals surface area contributed by atoms with E-state index in [2.05, 4.69) is 5.32 Å². The Kier molecular flexibility index (Phi) is 3.94. The Morgan fingerprint density at radius 1 is 1.32 bits per heavy atom. The number of nitrogens with one attached hydrogen (secondary N) is 1. The molecule has 5 heteroatoms. The van der Waals surface area contributed by atoms with Gasteiger partial charge in [-0.15, -0.1) is 0 Å². The van der Waals surface area contributed by atoms with Crippen molar-refractivity contribution < 1.29 is 19.1 Å². The summed E-state index contributed by atoms with van der Waals surface area (Å²) in [5.74, 6) is -2.23. The number of amides is 1. The van der Waals surface area contributed by atoms with Crippen LogP contribution in [0, 0.1) is 11.7 Å². The van der Waals surface area contributed by atoms with Gasteiger partial charge in [0.25, 0.3) is 0 Å². The fourth-order valence-corrected chi connectivity index (χ4v) is 2.07. The summed E-state index contributed by atoms with van der Waals surface area (Å²) in [5, 5.41) is 11.5. The average molecular weight is 263 g/mol. The molecule has 0 aliphatic heterocycles. The Morgan fingerprint density at radius 2 is 2.11 bits per heavy atom. The minimum atomic E-state index is -1.20. The molecule has 0 spiro atoms. The van der Waals surface area contributed by atoms with Crippen LogP contribution in [-0.2, 0) is 4.79 Å². The van der Waals surface area contributed by atoms with E-state index in [1.54, 1.807) is 0 Å². The number of benzene rings is 1. The normalized spacial score (nSPS) is 18.1. The molecule has 0 radical (unpaired) electrons. The second-order valence-corrected chi connectivity index (χ2v) is 4.47. The zero-order chi connectivity index (χ0) is 13.8. The van der Waals surface area contributed by atoms with Crippen LogP contribution in [0.3, 0.4) is 0 Å². The van der Waals surface area contributed by atoms with Gasteiger partial charge in [0.05, 0.1) is 11.3 Å². The van der Waals surface area contributed by atoms with Gasteiger partial charge in [0, 0.05) is 5.92 Å². The molecule has 19 heavy (non-hydrogen) atoms. The molecule has 0 fully saturated rings. The third-order valence-corrected chi connectivity index (χ3v) is 3.11. The van der Waals surface area contributed by atoms with Crippen molar-refractivity contribution in [2.75, 3.05) is 5.32 Å². The van der Waals surface area contributed by atoms with Crippen molar-refractivity contribution >= 4 is 17.6 Å². The van der Waals surface area contributed by atoms with Crippen LogP contribution in [0.15, 0.2) is 30.4 Å². The number of carboxylic acid groups (broad SMARTS) is 1. The molecule has 1 aliphatic carbocycles. The molecule has 1 aromatic rings. The van der Waals surface area contributed by atoms with Crippen molar-refractivity contribution in [1.29, 1.82) is 0 Å². The van der Waals surface area contributed by atoms with Gasteiger partial charge in [-0.3, -0.25) is 4.79 Å². The van der Waals surface area contributed by atoms with Crippen LogP contribution < -0.4 is 5.32 Å². The van der Waals surface area contributed by atoms with Gasteiger partial charge in [0.15, 0.2) is 0 Å². The first-order valence-corrected chi connectivity index (χ1v) is 6.06. The Balaban J connectivity index is 2.17. The van der Waals surface area contributed by atoms with Crippen molar-refractivity contribution in [3.63, 3.8) is 0 Å². The first-order chi connectivity index (χ1) is 9.08. The summed E-state index contributed by atoms with van der Waals surface area (Å²) in [4.78, 5) is 23.0. The van der Waals surface area contributed by atoms with Crippen LogP contribution in [0.25, 0.3) is 0 Å². The number of carboxylic acids is 1. The zero-order valence-corrected chi connectivity index (χ0v) is 10.2. The van der Waals surface area contributed by atoms with Crippen LogP contribution in [-0.4, -0.2) is 17.0 Å². The summed E-state index contributed by atoms with van der Waals surface area (Å²) in [7, 11) is 0. The summed E-state index contributed by atoms with van der Waals surface area (Å²) in [6.07, 6.45) is 6.11. The van der Waals surface area contributed by atoms with Gasteiger partial charge in [0.1, 0.15) is 5.82 Å². The molecular weight excluding hydrogens is 249 g/mol. The lowest BCUT2D eigenvalue weighted by atomic mass is 9.93. The fraction of sp³-hybridized carbons (Fsp3) is 0.286. The van der Waals surface area contributed by atoms with Gasteiger partial charge in [0.2, 0.25) is 5.91 Å². The second-order valence-electron chi connectivity index (χ2n) is 4.47. The minimum absolute atomic E-state index is 0.00653. The molecule has 1 unspecified atom stereocenters. The van der Waals surface area contributed by atoms with Crippen LogP contribution in [0.2, 0.25) is 0 Å². The summed E-state index contributed by atoms with van der Waals surface area (Å²) < 4.78 is 13.1. The van der Waals surface area contributed by atoms with Gasteiger partial charge in [-0.2, -0.15) is 0 Å².